The number of amides is 1. The molecule has 0 aliphatic heterocycles. The van der Waals surface area contributed by atoms with Gasteiger partial charge in [-0.2, -0.15) is 0 Å². The standard InChI is InChI=1S/C20H24ClNOS/c1-4-15-6-7-16(5-2)17(12-15)13-22-20(23)14(3)24-19-10-8-18(21)9-11-19/h6-12,14H,4-5,13H2,1-3H3,(H,22,23). The lowest BCUT2D eigenvalue weighted by atomic mass is 10.0. The highest BCUT2D eigenvalue weighted by molar-refractivity contribution is 8.00. The molecule has 0 aliphatic carbocycles. The molecule has 0 spiro atoms. The first kappa shape index (κ1) is 18.9. The highest BCUT2D eigenvalue weighted by Crippen LogP contribution is 2.25. The maximum Gasteiger partial charge on any atom is 0.233 e. The Hall–Kier alpha value is -1.45. The van der Waals surface area contributed by atoms with Crippen LogP contribution in [0.2, 0.25) is 5.02 Å². The van der Waals surface area contributed by atoms with Gasteiger partial charge in [0, 0.05) is 16.5 Å². The number of thioether (sulfide) groups is 1. The number of hydrogen-bond acceptors (Lipinski definition) is 2. The van der Waals surface area contributed by atoms with Crippen LogP contribution >= 0.6 is 23.4 Å². The summed E-state index contributed by atoms with van der Waals surface area (Å²) in [5.41, 5.74) is 3.82. The van der Waals surface area contributed by atoms with E-state index < -0.39 is 0 Å². The molecule has 0 aromatic heterocycles. The van der Waals surface area contributed by atoms with Gasteiger partial charge in [0.05, 0.1) is 5.25 Å². The van der Waals surface area contributed by atoms with Crippen LogP contribution in [0.1, 0.15) is 37.5 Å². The third-order valence-electron chi connectivity index (χ3n) is 4.01. The smallest absolute Gasteiger partial charge is 0.233 e. The van der Waals surface area contributed by atoms with Gasteiger partial charge in [-0.25, -0.2) is 0 Å². The van der Waals surface area contributed by atoms with Gasteiger partial charge < -0.3 is 5.32 Å². The molecule has 0 fully saturated rings. The van der Waals surface area contributed by atoms with Crippen molar-refractivity contribution in [3.63, 3.8) is 0 Å². The summed E-state index contributed by atoms with van der Waals surface area (Å²) in [4.78, 5) is 13.4. The number of hydrogen-bond donors (Lipinski definition) is 1. The van der Waals surface area contributed by atoms with Gasteiger partial charge in [-0.3, -0.25) is 4.79 Å². The van der Waals surface area contributed by atoms with Crippen LogP contribution in [0.3, 0.4) is 0 Å². The molecule has 0 aliphatic rings. The van der Waals surface area contributed by atoms with E-state index in [0.717, 1.165) is 17.7 Å². The second-order valence-corrected chi connectivity index (χ2v) is 7.59. The van der Waals surface area contributed by atoms with Gasteiger partial charge >= 0.3 is 0 Å². The fraction of sp³-hybridized carbons (Fsp3) is 0.350. The Kier molecular flexibility index (Phi) is 7.19. The van der Waals surface area contributed by atoms with Gasteiger partial charge in [0.1, 0.15) is 0 Å². The van der Waals surface area contributed by atoms with Gasteiger partial charge in [-0.05, 0) is 60.7 Å². The zero-order chi connectivity index (χ0) is 17.5. The van der Waals surface area contributed by atoms with E-state index in [1.807, 2.05) is 31.2 Å². The van der Waals surface area contributed by atoms with E-state index in [2.05, 4.69) is 37.4 Å². The SMILES string of the molecule is CCc1ccc(CC)c(CNC(=O)C(C)Sc2ccc(Cl)cc2)c1. The van der Waals surface area contributed by atoms with E-state index in [-0.39, 0.29) is 11.2 Å². The minimum atomic E-state index is -0.148. The number of nitrogens with one attached hydrogen (secondary N) is 1. The van der Waals surface area contributed by atoms with Crippen molar-refractivity contribution in [3.8, 4) is 0 Å². The Morgan fingerprint density at radius 1 is 1.08 bits per heavy atom. The monoisotopic (exact) mass is 361 g/mol. The zero-order valence-corrected chi connectivity index (χ0v) is 16.0. The zero-order valence-electron chi connectivity index (χ0n) is 14.4. The highest BCUT2D eigenvalue weighted by atomic mass is 35.5. The molecule has 2 aromatic carbocycles. The molecule has 1 atom stereocenters. The molecular weight excluding hydrogens is 338 g/mol. The van der Waals surface area contributed by atoms with Gasteiger partial charge in [0.15, 0.2) is 0 Å². The van der Waals surface area contributed by atoms with Crippen LogP contribution in [-0.2, 0) is 24.2 Å². The average Bonchev–Trinajstić information content (AvgIpc) is 2.61. The van der Waals surface area contributed by atoms with Crippen molar-refractivity contribution in [1.29, 1.82) is 0 Å². The fourth-order valence-corrected chi connectivity index (χ4v) is 3.52. The van der Waals surface area contributed by atoms with Crippen molar-refractivity contribution in [1.82, 2.24) is 5.32 Å². The first-order valence-electron chi connectivity index (χ1n) is 8.34. The molecule has 1 N–H and O–H groups in total. The Bertz CT molecular complexity index is 685. The number of rotatable bonds is 7. The average molecular weight is 362 g/mol. The minimum absolute atomic E-state index is 0.0545. The lowest BCUT2D eigenvalue weighted by Gasteiger charge is -2.14. The van der Waals surface area contributed by atoms with Crippen molar-refractivity contribution in [2.75, 3.05) is 0 Å². The first-order chi connectivity index (χ1) is 11.5. The lowest BCUT2D eigenvalue weighted by molar-refractivity contribution is -0.120. The molecule has 2 aromatic rings. The molecule has 0 heterocycles. The maximum atomic E-state index is 12.4. The van der Waals surface area contributed by atoms with E-state index in [4.69, 9.17) is 11.6 Å². The number of halogens is 1. The van der Waals surface area contributed by atoms with Gasteiger partial charge in [0.25, 0.3) is 0 Å². The summed E-state index contributed by atoms with van der Waals surface area (Å²) >= 11 is 7.44. The maximum absolute atomic E-state index is 12.4. The lowest BCUT2D eigenvalue weighted by Crippen LogP contribution is -2.30. The summed E-state index contributed by atoms with van der Waals surface area (Å²) < 4.78 is 0. The van der Waals surface area contributed by atoms with Crippen LogP contribution in [0, 0.1) is 0 Å². The second kappa shape index (κ2) is 9.14. The molecule has 0 bridgehead atoms. The molecule has 0 saturated carbocycles. The van der Waals surface area contributed by atoms with Crippen molar-refractivity contribution in [2.24, 2.45) is 0 Å². The summed E-state index contributed by atoms with van der Waals surface area (Å²) in [6, 6.07) is 14.1. The Balaban J connectivity index is 1.95. The molecule has 0 saturated heterocycles. The number of carbonyl (C=O) groups excluding carboxylic acids is 1. The summed E-state index contributed by atoms with van der Waals surface area (Å²) in [5.74, 6) is 0.0545. The Morgan fingerprint density at radius 2 is 1.79 bits per heavy atom. The molecule has 0 radical (unpaired) electrons. The van der Waals surface area contributed by atoms with Crippen LogP contribution in [0.5, 0.6) is 0 Å². The molecule has 1 unspecified atom stereocenters. The van der Waals surface area contributed by atoms with E-state index >= 15 is 0 Å². The van der Waals surface area contributed by atoms with E-state index in [1.54, 1.807) is 11.8 Å². The van der Waals surface area contributed by atoms with Gasteiger partial charge in [-0.15, -0.1) is 11.8 Å². The molecule has 2 nitrogen and oxygen atoms in total. The van der Waals surface area contributed by atoms with Crippen LogP contribution in [0.25, 0.3) is 0 Å². The Labute approximate surface area is 154 Å². The fourth-order valence-electron chi connectivity index (χ4n) is 2.51. The van der Waals surface area contributed by atoms with Crippen LogP contribution in [0.15, 0.2) is 47.4 Å². The summed E-state index contributed by atoms with van der Waals surface area (Å²) in [6.07, 6.45) is 1.98. The predicted octanol–water partition coefficient (Wildman–Crippen LogP) is 5.26. The van der Waals surface area contributed by atoms with Crippen LogP contribution in [-0.4, -0.2) is 11.2 Å². The summed E-state index contributed by atoms with van der Waals surface area (Å²) in [5, 5.41) is 3.63. The molecule has 4 heteroatoms. The number of carbonyl (C=O) groups is 1. The summed E-state index contributed by atoms with van der Waals surface area (Å²) in [7, 11) is 0. The van der Waals surface area contributed by atoms with Crippen molar-refractivity contribution in [3.05, 3.63) is 64.2 Å². The molecule has 1 amide bonds. The van der Waals surface area contributed by atoms with Crippen LogP contribution in [0.4, 0.5) is 0 Å². The largest absolute Gasteiger partial charge is 0.351 e. The third kappa shape index (κ3) is 5.29. The highest BCUT2D eigenvalue weighted by Gasteiger charge is 2.14. The van der Waals surface area contributed by atoms with Gasteiger partial charge in [0.2, 0.25) is 5.91 Å². The Morgan fingerprint density at radius 3 is 2.42 bits per heavy atom. The van der Waals surface area contributed by atoms with E-state index in [0.29, 0.717) is 11.6 Å². The van der Waals surface area contributed by atoms with Crippen LogP contribution < -0.4 is 5.32 Å². The molecular formula is C20H24ClNOS. The molecule has 128 valence electrons. The third-order valence-corrected chi connectivity index (χ3v) is 5.37. The van der Waals surface area contributed by atoms with Crippen molar-refractivity contribution in [2.45, 2.75) is 50.3 Å². The normalized spacial score (nSPS) is 12.0. The number of aryl methyl sites for hydroxylation is 2. The number of benzene rings is 2. The van der Waals surface area contributed by atoms with E-state index in [1.165, 1.54) is 16.7 Å². The van der Waals surface area contributed by atoms with Crippen molar-refractivity contribution >= 4 is 29.3 Å². The van der Waals surface area contributed by atoms with Crippen molar-refractivity contribution < 1.29 is 4.79 Å². The summed E-state index contributed by atoms with van der Waals surface area (Å²) in [6.45, 7) is 6.80. The topological polar surface area (TPSA) is 29.1 Å². The quantitative estimate of drug-likeness (QED) is 0.681. The predicted molar refractivity (Wildman–Crippen MR) is 104 cm³/mol. The second-order valence-electron chi connectivity index (χ2n) is 5.74. The van der Waals surface area contributed by atoms with E-state index in [9.17, 15) is 4.79 Å². The van der Waals surface area contributed by atoms with Gasteiger partial charge in [-0.1, -0.05) is 43.6 Å². The molecule has 24 heavy (non-hydrogen) atoms. The minimum Gasteiger partial charge on any atom is -0.351 e. The molecule has 2 rings (SSSR count). The first-order valence-corrected chi connectivity index (χ1v) is 9.59.